The third-order valence-corrected chi connectivity index (χ3v) is 8.42. The molecule has 2 aromatic rings. The monoisotopic (exact) mass is 510 g/mol. The number of hydrogen-bond acceptors (Lipinski definition) is 6. The number of epoxide rings is 2. The van der Waals surface area contributed by atoms with Gasteiger partial charge in [0.25, 0.3) is 0 Å². The minimum absolute atomic E-state index is 0.0161. The van der Waals surface area contributed by atoms with Crippen molar-refractivity contribution in [2.45, 2.75) is 94.9 Å². The first kappa shape index (κ1) is 26.5. The Morgan fingerprint density at radius 2 is 1.22 bits per heavy atom. The van der Waals surface area contributed by atoms with E-state index in [-0.39, 0.29) is 36.6 Å². The molecular formula is C31H42O6. The Balaban J connectivity index is 1.09. The number of benzene rings is 2. The number of hydrogen-bond donors (Lipinski definition) is 0. The minimum Gasteiger partial charge on any atom is -0.491 e. The molecule has 202 valence electrons. The van der Waals surface area contributed by atoms with Crippen molar-refractivity contribution in [2.75, 3.05) is 27.4 Å². The molecule has 0 radical (unpaired) electrons. The number of methoxy groups -OCH3 is 2. The lowest BCUT2D eigenvalue weighted by Gasteiger charge is -2.29. The summed E-state index contributed by atoms with van der Waals surface area (Å²) in [6, 6.07) is 15.3. The molecule has 3 aliphatic rings. The molecule has 0 bridgehead atoms. The molecule has 0 spiro atoms. The summed E-state index contributed by atoms with van der Waals surface area (Å²) >= 11 is 0. The second-order valence-electron chi connectivity index (χ2n) is 10.9. The van der Waals surface area contributed by atoms with Crippen LogP contribution in [-0.4, -0.2) is 64.1 Å². The summed E-state index contributed by atoms with van der Waals surface area (Å²) in [4.78, 5) is 0. The molecule has 2 heterocycles. The molecule has 6 atom stereocenters. The van der Waals surface area contributed by atoms with Gasteiger partial charge in [0.1, 0.15) is 49.1 Å². The molecule has 0 aromatic heterocycles. The van der Waals surface area contributed by atoms with Gasteiger partial charge >= 0.3 is 0 Å². The van der Waals surface area contributed by atoms with E-state index in [1.807, 2.05) is 0 Å². The summed E-state index contributed by atoms with van der Waals surface area (Å²) in [7, 11) is 3.44. The van der Waals surface area contributed by atoms with Gasteiger partial charge in [-0.25, -0.2) is 0 Å². The highest BCUT2D eigenvalue weighted by Crippen LogP contribution is 2.41. The van der Waals surface area contributed by atoms with Crippen LogP contribution in [-0.2, 0) is 18.9 Å². The number of rotatable bonds is 12. The van der Waals surface area contributed by atoms with Crippen molar-refractivity contribution in [1.29, 1.82) is 0 Å². The lowest BCUT2D eigenvalue weighted by Crippen LogP contribution is -2.27. The first-order valence-corrected chi connectivity index (χ1v) is 13.8. The Hall–Kier alpha value is -2.12. The van der Waals surface area contributed by atoms with Gasteiger partial charge in [0, 0.05) is 14.2 Å². The molecule has 0 amide bonds. The summed E-state index contributed by atoms with van der Waals surface area (Å²) in [5.74, 6) is 3.05. The molecule has 6 heteroatoms. The SMILES string of the molecule is COC(COc1ccc(C2CCC(c3ccc(OCC(OC)C4OC4C)c(C)c3)CC2)cc1)C1OC1C. The molecule has 5 rings (SSSR count). The average molecular weight is 511 g/mol. The van der Waals surface area contributed by atoms with Gasteiger partial charge in [-0.1, -0.05) is 24.3 Å². The van der Waals surface area contributed by atoms with E-state index in [9.17, 15) is 0 Å². The molecule has 37 heavy (non-hydrogen) atoms. The third-order valence-electron chi connectivity index (χ3n) is 8.42. The van der Waals surface area contributed by atoms with E-state index in [0.29, 0.717) is 25.0 Å². The largest absolute Gasteiger partial charge is 0.491 e. The maximum atomic E-state index is 6.09. The fraction of sp³-hybridized carbons (Fsp3) is 0.613. The van der Waals surface area contributed by atoms with Crippen molar-refractivity contribution in [1.82, 2.24) is 0 Å². The summed E-state index contributed by atoms with van der Waals surface area (Å²) < 4.78 is 34.2. The summed E-state index contributed by atoms with van der Waals surface area (Å²) in [6.07, 6.45) is 5.63. The Labute approximate surface area is 221 Å². The molecule has 6 unspecified atom stereocenters. The fourth-order valence-electron chi connectivity index (χ4n) is 5.81. The van der Waals surface area contributed by atoms with Crippen LogP contribution in [0.3, 0.4) is 0 Å². The molecule has 6 nitrogen and oxygen atoms in total. The van der Waals surface area contributed by atoms with E-state index in [1.54, 1.807) is 14.2 Å². The van der Waals surface area contributed by atoms with Crippen LogP contribution in [0.2, 0.25) is 0 Å². The molecule has 2 aliphatic heterocycles. The van der Waals surface area contributed by atoms with Crippen LogP contribution in [0.4, 0.5) is 0 Å². The van der Waals surface area contributed by atoms with Crippen LogP contribution in [0, 0.1) is 6.92 Å². The van der Waals surface area contributed by atoms with Gasteiger partial charge in [0.2, 0.25) is 0 Å². The zero-order valence-electron chi connectivity index (χ0n) is 22.9. The van der Waals surface area contributed by atoms with Crippen LogP contribution in [0.5, 0.6) is 11.5 Å². The van der Waals surface area contributed by atoms with E-state index in [4.69, 9.17) is 28.4 Å². The normalized spacial score (nSPS) is 30.4. The van der Waals surface area contributed by atoms with Crippen LogP contribution in [0.1, 0.15) is 68.1 Å². The molecule has 2 aromatic carbocycles. The zero-order valence-corrected chi connectivity index (χ0v) is 22.9. The molecule has 1 aliphatic carbocycles. The Bertz CT molecular complexity index is 1010. The zero-order chi connectivity index (χ0) is 25.9. The standard InChI is InChI=1S/C31H42O6/c1-19-16-25(12-15-27(19)35-18-29(33-5)31-21(3)37-31)24-8-6-22(7-9-24)23-10-13-26(14-11-23)34-17-28(32-4)30-20(2)36-30/h10-16,20-22,24,28-31H,6-9,17-18H2,1-5H3. The van der Waals surface area contributed by atoms with Gasteiger partial charge in [0.15, 0.2) is 0 Å². The molecule has 1 saturated carbocycles. The molecule has 0 N–H and O–H groups in total. The van der Waals surface area contributed by atoms with E-state index >= 15 is 0 Å². The van der Waals surface area contributed by atoms with Gasteiger partial charge in [-0.3, -0.25) is 0 Å². The smallest absolute Gasteiger partial charge is 0.122 e. The van der Waals surface area contributed by atoms with Crippen molar-refractivity contribution in [3.05, 3.63) is 59.2 Å². The fourth-order valence-corrected chi connectivity index (χ4v) is 5.81. The Morgan fingerprint density at radius 1 is 0.730 bits per heavy atom. The topological polar surface area (TPSA) is 62.0 Å². The maximum absolute atomic E-state index is 6.09. The maximum Gasteiger partial charge on any atom is 0.122 e. The quantitative estimate of drug-likeness (QED) is 0.337. The first-order valence-electron chi connectivity index (χ1n) is 13.8. The number of aryl methyl sites for hydroxylation is 1. The lowest BCUT2D eigenvalue weighted by atomic mass is 9.76. The third kappa shape index (κ3) is 6.48. The van der Waals surface area contributed by atoms with Crippen LogP contribution < -0.4 is 9.47 Å². The van der Waals surface area contributed by atoms with Crippen LogP contribution >= 0.6 is 0 Å². The highest BCUT2D eigenvalue weighted by atomic mass is 16.6. The van der Waals surface area contributed by atoms with E-state index in [0.717, 1.165) is 11.5 Å². The van der Waals surface area contributed by atoms with E-state index in [2.05, 4.69) is 63.2 Å². The minimum atomic E-state index is -0.0200. The highest BCUT2D eigenvalue weighted by molar-refractivity contribution is 5.38. The van der Waals surface area contributed by atoms with Crippen LogP contribution in [0.15, 0.2) is 42.5 Å². The molecular weight excluding hydrogens is 468 g/mol. The van der Waals surface area contributed by atoms with E-state index < -0.39 is 0 Å². The van der Waals surface area contributed by atoms with Gasteiger partial charge < -0.3 is 28.4 Å². The second-order valence-corrected chi connectivity index (χ2v) is 10.9. The van der Waals surface area contributed by atoms with Crippen molar-refractivity contribution < 1.29 is 28.4 Å². The molecule has 3 fully saturated rings. The Morgan fingerprint density at radius 3 is 1.70 bits per heavy atom. The van der Waals surface area contributed by atoms with Gasteiger partial charge in [-0.2, -0.15) is 0 Å². The first-order chi connectivity index (χ1) is 18.0. The van der Waals surface area contributed by atoms with Gasteiger partial charge in [-0.15, -0.1) is 0 Å². The van der Waals surface area contributed by atoms with E-state index in [1.165, 1.54) is 42.4 Å². The van der Waals surface area contributed by atoms with Crippen molar-refractivity contribution >= 4 is 0 Å². The van der Waals surface area contributed by atoms with Crippen LogP contribution in [0.25, 0.3) is 0 Å². The van der Waals surface area contributed by atoms with Crippen molar-refractivity contribution in [3.63, 3.8) is 0 Å². The van der Waals surface area contributed by atoms with Gasteiger partial charge in [0.05, 0.1) is 12.2 Å². The summed E-state index contributed by atoms with van der Waals surface area (Å²) in [5, 5.41) is 0. The Kier molecular flexibility index (Phi) is 8.40. The summed E-state index contributed by atoms with van der Waals surface area (Å²) in [5.41, 5.74) is 4.03. The summed E-state index contributed by atoms with van der Waals surface area (Å²) in [6.45, 7) is 7.30. The predicted molar refractivity (Wildman–Crippen MR) is 143 cm³/mol. The lowest BCUT2D eigenvalue weighted by molar-refractivity contribution is 0.0371. The second kappa shape index (κ2) is 11.7. The van der Waals surface area contributed by atoms with Crippen molar-refractivity contribution in [2.24, 2.45) is 0 Å². The molecule has 2 saturated heterocycles. The van der Waals surface area contributed by atoms with Crippen molar-refractivity contribution in [3.8, 4) is 11.5 Å². The number of ether oxygens (including phenoxy) is 6. The predicted octanol–water partition coefficient (Wildman–Crippen LogP) is 5.80. The average Bonchev–Trinajstić information content (AvgIpc) is 3.84. The highest BCUT2D eigenvalue weighted by Gasteiger charge is 2.43. The van der Waals surface area contributed by atoms with Gasteiger partial charge in [-0.05, 0) is 93.2 Å².